The van der Waals surface area contributed by atoms with Crippen LogP contribution < -0.4 is 15.0 Å². The fourth-order valence-corrected chi connectivity index (χ4v) is 3.91. The molecule has 4 amide bonds. The number of nitrogens with zero attached hydrogens (tertiary/aromatic N) is 3. The molecule has 11 heteroatoms. The topological polar surface area (TPSA) is 124 Å². The zero-order valence-corrected chi connectivity index (χ0v) is 18.9. The number of amides is 4. The van der Waals surface area contributed by atoms with Gasteiger partial charge in [0.2, 0.25) is 0 Å². The quantitative estimate of drug-likeness (QED) is 0.257. The number of carbonyl (C=O) groups excluding carboxylic acids is 3. The van der Waals surface area contributed by atoms with Gasteiger partial charge in [-0.15, -0.1) is 0 Å². The summed E-state index contributed by atoms with van der Waals surface area (Å²) in [5, 5.41) is 13.3. The highest BCUT2D eigenvalue weighted by Crippen LogP contribution is 2.32. The number of barbiturate groups is 1. The van der Waals surface area contributed by atoms with Crippen molar-refractivity contribution in [3.63, 3.8) is 0 Å². The second kappa shape index (κ2) is 8.86. The normalized spacial score (nSPS) is 14.9. The lowest BCUT2D eigenvalue weighted by molar-refractivity contribution is -0.384. The number of urea groups is 1. The number of ether oxygens (including phenoxy) is 1. The number of benzene rings is 2. The molecule has 0 radical (unpaired) electrons. The number of carbonyl (C=O) groups is 3. The molecule has 0 aliphatic carbocycles. The summed E-state index contributed by atoms with van der Waals surface area (Å²) in [4.78, 5) is 49.3. The Hall–Kier alpha value is -4.80. The van der Waals surface area contributed by atoms with Gasteiger partial charge in [-0.2, -0.15) is 0 Å². The number of rotatable bonds is 5. The number of nitro benzene ring substituents is 1. The Morgan fingerprint density at radius 1 is 1.06 bits per heavy atom. The van der Waals surface area contributed by atoms with Crippen LogP contribution in [0.3, 0.4) is 0 Å². The van der Waals surface area contributed by atoms with Gasteiger partial charge in [-0.05, 0) is 61.9 Å². The van der Waals surface area contributed by atoms with E-state index in [1.165, 1.54) is 37.5 Å². The summed E-state index contributed by atoms with van der Waals surface area (Å²) in [6.07, 6.45) is 1.36. The zero-order valence-electron chi connectivity index (χ0n) is 18.9. The molecule has 1 saturated heterocycles. The van der Waals surface area contributed by atoms with Crippen molar-refractivity contribution in [2.45, 2.75) is 13.8 Å². The van der Waals surface area contributed by atoms with Gasteiger partial charge in [0.15, 0.2) is 0 Å². The number of anilines is 1. The first kappa shape index (κ1) is 23.4. The van der Waals surface area contributed by atoms with E-state index in [0.717, 1.165) is 17.0 Å². The summed E-state index contributed by atoms with van der Waals surface area (Å²) < 4.78 is 20.4. The number of nitro groups is 1. The molecule has 1 N–H and O–H groups in total. The molecule has 0 saturated carbocycles. The summed E-state index contributed by atoms with van der Waals surface area (Å²) in [5.74, 6) is -2.00. The molecule has 0 atom stereocenters. The van der Waals surface area contributed by atoms with E-state index in [9.17, 15) is 28.9 Å². The Balaban J connectivity index is 1.78. The minimum absolute atomic E-state index is 0.105. The number of nitrogens with one attached hydrogen (secondary N) is 1. The van der Waals surface area contributed by atoms with Crippen molar-refractivity contribution in [1.29, 1.82) is 0 Å². The number of halogens is 1. The van der Waals surface area contributed by atoms with E-state index in [-0.39, 0.29) is 22.7 Å². The van der Waals surface area contributed by atoms with Crippen LogP contribution >= 0.6 is 0 Å². The molecule has 3 aromatic rings. The lowest BCUT2D eigenvalue weighted by Crippen LogP contribution is -2.54. The lowest BCUT2D eigenvalue weighted by Gasteiger charge is -2.26. The Morgan fingerprint density at radius 3 is 2.37 bits per heavy atom. The van der Waals surface area contributed by atoms with Gasteiger partial charge in [-0.1, -0.05) is 0 Å². The highest BCUT2D eigenvalue weighted by molar-refractivity contribution is 6.39. The first-order chi connectivity index (χ1) is 16.6. The summed E-state index contributed by atoms with van der Waals surface area (Å²) in [6.45, 7) is 3.53. The standard InChI is InChI=1S/C24H19FN4O6/c1-13-10-15(14(2)27(13)20-9-8-18(29(33)34)12-21(20)35-3)11-19-22(30)26-24(32)28(23(19)31)17-6-4-16(25)5-7-17/h4-12H,1-3H3,(H,26,30,32)/b19-11+. The average Bonchev–Trinajstić information content (AvgIpc) is 3.09. The third-order valence-electron chi connectivity index (χ3n) is 5.57. The van der Waals surface area contributed by atoms with E-state index in [1.807, 2.05) is 0 Å². The summed E-state index contributed by atoms with van der Waals surface area (Å²) in [5.41, 5.74) is 2.04. The highest BCUT2D eigenvalue weighted by atomic mass is 19.1. The molecular weight excluding hydrogens is 459 g/mol. The van der Waals surface area contributed by atoms with E-state index < -0.39 is 28.6 Å². The van der Waals surface area contributed by atoms with Crippen molar-refractivity contribution < 1.29 is 28.4 Å². The number of methoxy groups -OCH3 is 1. The van der Waals surface area contributed by atoms with Crippen molar-refractivity contribution >= 4 is 35.3 Å². The molecule has 0 bridgehead atoms. The molecule has 35 heavy (non-hydrogen) atoms. The van der Waals surface area contributed by atoms with Crippen LogP contribution in [0, 0.1) is 29.8 Å². The van der Waals surface area contributed by atoms with Crippen LogP contribution in [0.15, 0.2) is 54.1 Å². The number of aryl methyl sites for hydroxylation is 1. The van der Waals surface area contributed by atoms with Gasteiger partial charge < -0.3 is 9.30 Å². The van der Waals surface area contributed by atoms with Crippen LogP contribution in [0.2, 0.25) is 0 Å². The molecule has 2 aromatic carbocycles. The molecular formula is C24H19FN4O6. The molecule has 10 nitrogen and oxygen atoms in total. The fraction of sp³-hybridized carbons (Fsp3) is 0.125. The SMILES string of the molecule is COc1cc([N+](=O)[O-])ccc1-n1c(C)cc(/C=C2\C(=O)NC(=O)N(c3ccc(F)cc3)C2=O)c1C. The molecule has 1 aliphatic rings. The van der Waals surface area contributed by atoms with Gasteiger partial charge >= 0.3 is 6.03 Å². The van der Waals surface area contributed by atoms with Crippen LogP contribution in [0.4, 0.5) is 20.6 Å². The van der Waals surface area contributed by atoms with Crippen molar-refractivity contribution in [1.82, 2.24) is 9.88 Å². The van der Waals surface area contributed by atoms with E-state index in [2.05, 4.69) is 5.32 Å². The van der Waals surface area contributed by atoms with E-state index in [0.29, 0.717) is 22.6 Å². The van der Waals surface area contributed by atoms with Gasteiger partial charge in [0.1, 0.15) is 17.1 Å². The average molecular weight is 478 g/mol. The minimum atomic E-state index is -0.940. The van der Waals surface area contributed by atoms with E-state index >= 15 is 0 Å². The first-order valence-corrected chi connectivity index (χ1v) is 10.3. The maximum absolute atomic E-state index is 13.3. The van der Waals surface area contributed by atoms with Crippen molar-refractivity contribution in [3.8, 4) is 11.4 Å². The van der Waals surface area contributed by atoms with Gasteiger partial charge in [-0.25, -0.2) is 14.1 Å². The zero-order chi connectivity index (χ0) is 25.4. The highest BCUT2D eigenvalue weighted by Gasteiger charge is 2.37. The third-order valence-corrected chi connectivity index (χ3v) is 5.57. The summed E-state index contributed by atoms with van der Waals surface area (Å²) >= 11 is 0. The molecule has 1 aromatic heterocycles. The van der Waals surface area contributed by atoms with E-state index in [1.54, 1.807) is 30.5 Å². The second-order valence-electron chi connectivity index (χ2n) is 7.71. The number of imide groups is 2. The molecule has 4 rings (SSSR count). The molecule has 0 unspecified atom stereocenters. The van der Waals surface area contributed by atoms with Gasteiger partial charge in [0.05, 0.1) is 29.5 Å². The first-order valence-electron chi connectivity index (χ1n) is 10.3. The van der Waals surface area contributed by atoms with Crippen LogP contribution in [-0.2, 0) is 9.59 Å². The minimum Gasteiger partial charge on any atom is -0.494 e. The Bertz CT molecular complexity index is 1420. The monoisotopic (exact) mass is 478 g/mol. The third kappa shape index (κ3) is 4.14. The fourth-order valence-electron chi connectivity index (χ4n) is 3.91. The van der Waals surface area contributed by atoms with Gasteiger partial charge in [-0.3, -0.25) is 25.0 Å². The summed E-state index contributed by atoms with van der Waals surface area (Å²) in [7, 11) is 1.39. The second-order valence-corrected chi connectivity index (χ2v) is 7.71. The van der Waals surface area contributed by atoms with Crippen LogP contribution in [-0.4, -0.2) is 34.4 Å². The Labute approximate surface area is 198 Å². The molecule has 2 heterocycles. The van der Waals surface area contributed by atoms with Crippen molar-refractivity contribution in [2.24, 2.45) is 0 Å². The Morgan fingerprint density at radius 2 is 1.74 bits per heavy atom. The largest absolute Gasteiger partial charge is 0.494 e. The number of hydrogen-bond acceptors (Lipinski definition) is 6. The maximum atomic E-state index is 13.3. The van der Waals surface area contributed by atoms with Gasteiger partial charge in [0, 0.05) is 17.5 Å². The molecule has 178 valence electrons. The van der Waals surface area contributed by atoms with Crippen LogP contribution in [0.25, 0.3) is 11.8 Å². The smallest absolute Gasteiger partial charge is 0.335 e. The predicted octanol–water partition coefficient (Wildman–Crippen LogP) is 3.82. The number of non-ortho nitro benzene ring substituents is 1. The van der Waals surface area contributed by atoms with E-state index in [4.69, 9.17) is 4.74 Å². The molecule has 1 fully saturated rings. The predicted molar refractivity (Wildman–Crippen MR) is 124 cm³/mol. The molecule has 1 aliphatic heterocycles. The Kier molecular flexibility index (Phi) is 5.91. The summed E-state index contributed by atoms with van der Waals surface area (Å²) in [6, 6.07) is 9.69. The number of aromatic nitrogens is 1. The number of hydrogen-bond donors (Lipinski definition) is 1. The maximum Gasteiger partial charge on any atom is 0.335 e. The lowest BCUT2D eigenvalue weighted by atomic mass is 10.1. The van der Waals surface area contributed by atoms with Crippen LogP contribution in [0.5, 0.6) is 5.75 Å². The van der Waals surface area contributed by atoms with Crippen molar-refractivity contribution in [3.05, 3.63) is 87.0 Å². The van der Waals surface area contributed by atoms with Crippen LogP contribution in [0.1, 0.15) is 17.0 Å². The molecule has 0 spiro atoms. The van der Waals surface area contributed by atoms with Gasteiger partial charge in [0.25, 0.3) is 17.5 Å². The van der Waals surface area contributed by atoms with Crippen molar-refractivity contribution in [2.75, 3.05) is 12.0 Å².